The Balaban J connectivity index is 3.12. The standard InChI is InChI=1S/C8H12N2O3S2/c9-8-6(14-5-4-11)2-1-3-7(8)15(10,12)13/h1-3,11H,4-5,9H2,(H2,10,12,13). The number of hydrogen-bond donors (Lipinski definition) is 3. The van der Waals surface area contributed by atoms with E-state index in [1.54, 1.807) is 12.1 Å². The molecule has 0 unspecified atom stereocenters. The van der Waals surface area contributed by atoms with Gasteiger partial charge in [0.05, 0.1) is 12.3 Å². The van der Waals surface area contributed by atoms with Crippen molar-refractivity contribution in [2.45, 2.75) is 9.79 Å². The highest BCUT2D eigenvalue weighted by atomic mass is 32.2. The highest BCUT2D eigenvalue weighted by Gasteiger charge is 2.14. The van der Waals surface area contributed by atoms with Gasteiger partial charge in [0.2, 0.25) is 10.0 Å². The molecule has 0 heterocycles. The number of nitrogen functional groups attached to an aromatic ring is 1. The van der Waals surface area contributed by atoms with Gasteiger partial charge in [0.1, 0.15) is 4.90 Å². The highest BCUT2D eigenvalue weighted by molar-refractivity contribution is 7.99. The summed E-state index contributed by atoms with van der Waals surface area (Å²) in [7, 11) is -3.78. The first-order chi connectivity index (χ1) is 6.96. The molecule has 0 saturated carbocycles. The quantitative estimate of drug-likeness (QED) is 0.513. The van der Waals surface area contributed by atoms with Crippen LogP contribution in [-0.4, -0.2) is 25.9 Å². The van der Waals surface area contributed by atoms with Crippen LogP contribution in [0.4, 0.5) is 5.69 Å². The van der Waals surface area contributed by atoms with E-state index in [-0.39, 0.29) is 17.2 Å². The van der Waals surface area contributed by atoms with Crippen molar-refractivity contribution in [2.24, 2.45) is 5.14 Å². The number of para-hydroxylation sites is 1. The van der Waals surface area contributed by atoms with Gasteiger partial charge in [-0.2, -0.15) is 0 Å². The number of rotatable bonds is 4. The second kappa shape index (κ2) is 4.84. The number of nitrogens with two attached hydrogens (primary N) is 2. The number of thioether (sulfide) groups is 1. The van der Waals surface area contributed by atoms with Gasteiger partial charge in [-0.1, -0.05) is 6.07 Å². The third-order valence-electron chi connectivity index (χ3n) is 1.68. The maximum Gasteiger partial charge on any atom is 0.240 e. The van der Waals surface area contributed by atoms with Crippen molar-refractivity contribution in [1.82, 2.24) is 0 Å². The van der Waals surface area contributed by atoms with Crippen molar-refractivity contribution in [3.05, 3.63) is 18.2 Å². The monoisotopic (exact) mass is 248 g/mol. The topological polar surface area (TPSA) is 106 Å². The molecule has 0 aliphatic heterocycles. The number of anilines is 1. The molecule has 0 aliphatic carbocycles. The van der Waals surface area contributed by atoms with E-state index in [9.17, 15) is 8.42 Å². The average molecular weight is 248 g/mol. The largest absolute Gasteiger partial charge is 0.397 e. The van der Waals surface area contributed by atoms with E-state index in [1.807, 2.05) is 0 Å². The van der Waals surface area contributed by atoms with Crippen molar-refractivity contribution in [2.75, 3.05) is 18.1 Å². The van der Waals surface area contributed by atoms with Crippen LogP contribution in [0.15, 0.2) is 28.0 Å². The highest BCUT2D eigenvalue weighted by Crippen LogP contribution is 2.29. The van der Waals surface area contributed by atoms with Crippen molar-refractivity contribution in [3.8, 4) is 0 Å². The molecule has 0 amide bonds. The summed E-state index contributed by atoms with van der Waals surface area (Å²) >= 11 is 1.28. The summed E-state index contributed by atoms with van der Waals surface area (Å²) in [6.07, 6.45) is 0. The number of sulfonamides is 1. The molecule has 5 N–H and O–H groups in total. The molecule has 0 spiro atoms. The van der Waals surface area contributed by atoms with E-state index >= 15 is 0 Å². The molecule has 1 rings (SSSR count). The minimum Gasteiger partial charge on any atom is -0.397 e. The van der Waals surface area contributed by atoms with Crippen LogP contribution in [0.3, 0.4) is 0 Å². The fourth-order valence-corrected chi connectivity index (χ4v) is 2.55. The van der Waals surface area contributed by atoms with Crippen LogP contribution in [0.5, 0.6) is 0 Å². The van der Waals surface area contributed by atoms with Gasteiger partial charge >= 0.3 is 0 Å². The molecular formula is C8H12N2O3S2. The van der Waals surface area contributed by atoms with Crippen molar-refractivity contribution in [3.63, 3.8) is 0 Å². The van der Waals surface area contributed by atoms with Crippen molar-refractivity contribution < 1.29 is 13.5 Å². The predicted octanol–water partition coefficient (Wildman–Crippen LogP) is 0.000600. The Kier molecular flexibility index (Phi) is 3.97. The summed E-state index contributed by atoms with van der Waals surface area (Å²) in [5.41, 5.74) is 5.79. The normalized spacial score (nSPS) is 11.6. The van der Waals surface area contributed by atoms with Crippen LogP contribution in [0.2, 0.25) is 0 Å². The fourth-order valence-electron chi connectivity index (χ4n) is 1.05. The number of hydrogen-bond acceptors (Lipinski definition) is 5. The Labute approximate surface area is 92.5 Å². The molecular weight excluding hydrogens is 236 g/mol. The minimum absolute atomic E-state index is 0.00368. The number of primary sulfonamides is 1. The number of aliphatic hydroxyl groups excluding tert-OH is 1. The van der Waals surface area contributed by atoms with Gasteiger partial charge < -0.3 is 10.8 Å². The Morgan fingerprint density at radius 1 is 1.40 bits per heavy atom. The summed E-state index contributed by atoms with van der Waals surface area (Å²) in [6, 6.07) is 4.60. The predicted molar refractivity (Wildman–Crippen MR) is 60.0 cm³/mol. The first kappa shape index (κ1) is 12.3. The molecule has 0 aromatic heterocycles. The minimum atomic E-state index is -3.78. The first-order valence-corrected chi connectivity index (χ1v) is 6.65. The van der Waals surface area contributed by atoms with E-state index in [1.165, 1.54) is 17.8 Å². The second-order valence-electron chi connectivity index (χ2n) is 2.79. The van der Waals surface area contributed by atoms with Gasteiger partial charge in [-0.05, 0) is 12.1 Å². The van der Waals surface area contributed by atoms with Gasteiger partial charge in [-0.3, -0.25) is 0 Å². The van der Waals surface area contributed by atoms with Crippen LogP contribution < -0.4 is 10.9 Å². The lowest BCUT2D eigenvalue weighted by Gasteiger charge is -2.08. The molecule has 0 bridgehead atoms. The Bertz CT molecular complexity index is 445. The molecule has 0 saturated heterocycles. The summed E-state index contributed by atoms with van der Waals surface area (Å²) < 4.78 is 22.2. The Morgan fingerprint density at radius 2 is 2.07 bits per heavy atom. The first-order valence-electron chi connectivity index (χ1n) is 4.11. The number of aliphatic hydroxyl groups is 1. The van der Waals surface area contributed by atoms with Crippen LogP contribution in [0.25, 0.3) is 0 Å². The summed E-state index contributed by atoms with van der Waals surface area (Å²) in [5, 5.41) is 13.6. The van der Waals surface area contributed by atoms with Gasteiger partial charge in [0.25, 0.3) is 0 Å². The van der Waals surface area contributed by atoms with Crippen LogP contribution >= 0.6 is 11.8 Å². The maximum absolute atomic E-state index is 11.1. The molecule has 0 aliphatic rings. The molecule has 0 radical (unpaired) electrons. The molecule has 7 heteroatoms. The maximum atomic E-state index is 11.1. The zero-order chi connectivity index (χ0) is 11.5. The van der Waals surface area contributed by atoms with E-state index in [2.05, 4.69) is 0 Å². The van der Waals surface area contributed by atoms with Crippen LogP contribution in [0, 0.1) is 0 Å². The fraction of sp³-hybridized carbons (Fsp3) is 0.250. The molecule has 5 nitrogen and oxygen atoms in total. The van der Waals surface area contributed by atoms with Gasteiger partial charge in [-0.15, -0.1) is 11.8 Å². The van der Waals surface area contributed by atoms with Crippen LogP contribution in [0.1, 0.15) is 0 Å². The smallest absolute Gasteiger partial charge is 0.240 e. The second-order valence-corrected chi connectivity index (χ2v) is 5.45. The van der Waals surface area contributed by atoms with Crippen LogP contribution in [-0.2, 0) is 10.0 Å². The summed E-state index contributed by atoms with van der Waals surface area (Å²) in [4.78, 5) is 0.529. The third-order valence-corrected chi connectivity index (χ3v) is 3.70. The summed E-state index contributed by atoms with van der Waals surface area (Å²) in [6.45, 7) is 0.00368. The molecule has 1 aromatic rings. The molecule has 0 atom stereocenters. The molecule has 84 valence electrons. The van der Waals surface area contributed by atoms with Gasteiger partial charge in [0, 0.05) is 10.6 Å². The average Bonchev–Trinajstić information content (AvgIpc) is 2.14. The van der Waals surface area contributed by atoms with E-state index in [4.69, 9.17) is 16.0 Å². The lowest BCUT2D eigenvalue weighted by Crippen LogP contribution is -2.14. The van der Waals surface area contributed by atoms with E-state index < -0.39 is 10.0 Å². The Hall–Kier alpha value is -0.760. The van der Waals surface area contributed by atoms with E-state index in [0.29, 0.717) is 10.6 Å². The zero-order valence-electron chi connectivity index (χ0n) is 7.88. The number of benzene rings is 1. The van der Waals surface area contributed by atoms with Crippen molar-refractivity contribution in [1.29, 1.82) is 0 Å². The molecule has 15 heavy (non-hydrogen) atoms. The van der Waals surface area contributed by atoms with Gasteiger partial charge in [0.15, 0.2) is 0 Å². The Morgan fingerprint density at radius 3 is 2.60 bits per heavy atom. The van der Waals surface area contributed by atoms with E-state index in [0.717, 1.165) is 0 Å². The molecule has 1 aromatic carbocycles. The molecule has 0 fully saturated rings. The lowest BCUT2D eigenvalue weighted by molar-refractivity contribution is 0.322. The zero-order valence-corrected chi connectivity index (χ0v) is 9.51. The SMILES string of the molecule is Nc1c(SCCO)cccc1S(N)(=O)=O. The third kappa shape index (κ3) is 3.10. The lowest BCUT2D eigenvalue weighted by atomic mass is 10.3. The van der Waals surface area contributed by atoms with Crippen molar-refractivity contribution >= 4 is 27.5 Å². The summed E-state index contributed by atoms with van der Waals surface area (Å²) in [5.74, 6) is 0.457. The van der Waals surface area contributed by atoms with Gasteiger partial charge in [-0.25, -0.2) is 13.6 Å².